The highest BCUT2D eigenvalue weighted by molar-refractivity contribution is 5.90. The second-order valence-electron chi connectivity index (χ2n) is 14.9. The van der Waals surface area contributed by atoms with E-state index in [9.17, 15) is 10.2 Å². The van der Waals surface area contributed by atoms with Crippen molar-refractivity contribution in [1.29, 1.82) is 0 Å². The Labute approximate surface area is 352 Å². The van der Waals surface area contributed by atoms with Gasteiger partial charge in [-0.05, 0) is 97.1 Å². The first kappa shape index (κ1) is 37.3. The second kappa shape index (κ2) is 15.6. The molecule has 8 aromatic carbocycles. The Balaban J connectivity index is 0.956. The van der Waals surface area contributed by atoms with Crippen molar-refractivity contribution in [1.82, 2.24) is 0 Å². The first-order chi connectivity index (χ1) is 29.9. The van der Waals surface area contributed by atoms with Gasteiger partial charge in [-0.1, -0.05) is 84.9 Å². The predicted molar refractivity (Wildman–Crippen MR) is 242 cm³/mol. The molecule has 0 amide bonds. The van der Waals surface area contributed by atoms with E-state index in [1.807, 2.05) is 168 Å². The van der Waals surface area contributed by atoms with Crippen molar-refractivity contribution in [2.45, 2.75) is 0 Å². The van der Waals surface area contributed by atoms with Gasteiger partial charge in [-0.3, -0.25) is 0 Å². The maximum absolute atomic E-state index is 16.0. The lowest BCUT2D eigenvalue weighted by Crippen LogP contribution is -2.40. The van der Waals surface area contributed by atoms with Crippen LogP contribution in [0.15, 0.2) is 194 Å². The molecule has 0 aliphatic carbocycles. The summed E-state index contributed by atoms with van der Waals surface area (Å²) in [4.78, 5) is 11.7. The number of para-hydroxylation sites is 6. The van der Waals surface area contributed by atoms with E-state index in [0.717, 1.165) is 34.1 Å². The Morgan fingerprint density at radius 3 is 1.05 bits per heavy atom. The number of rotatable bonds is 10. The number of phenols is 2. The summed E-state index contributed by atoms with van der Waals surface area (Å²) in [7, 11) is 0. The Bertz CT molecular complexity index is 2560. The average molecular weight is 807 g/mol. The number of benzene rings is 8. The van der Waals surface area contributed by atoms with Crippen LogP contribution in [0, 0.1) is 11.6 Å². The molecule has 61 heavy (non-hydrogen) atoms. The molecule has 2 heterocycles. The summed E-state index contributed by atoms with van der Waals surface area (Å²) in [6.07, 6.45) is 0. The molecule has 0 unspecified atom stereocenters. The fraction of sp³-hybridized carbons (Fsp3) is 0.0588. The van der Waals surface area contributed by atoms with Crippen LogP contribution in [0.3, 0.4) is 0 Å². The zero-order chi connectivity index (χ0) is 41.5. The summed E-state index contributed by atoms with van der Waals surface area (Å²) < 4.78 is 31.9. The van der Waals surface area contributed by atoms with Crippen molar-refractivity contribution in [3.05, 3.63) is 206 Å². The van der Waals surface area contributed by atoms with E-state index >= 15 is 8.78 Å². The predicted octanol–water partition coefficient (Wildman–Crippen LogP) is 12.8. The van der Waals surface area contributed by atoms with E-state index in [4.69, 9.17) is 0 Å². The molecular weight excluding hydrogens is 767 g/mol. The van der Waals surface area contributed by atoms with Crippen molar-refractivity contribution in [3.8, 4) is 11.5 Å². The second-order valence-corrected chi connectivity index (χ2v) is 14.9. The molecule has 0 fully saturated rings. The summed E-state index contributed by atoms with van der Waals surface area (Å²) in [5.41, 5.74) is 7.98. The number of fused-ring (bicyclic) bond motifs is 2. The molecule has 2 aliphatic heterocycles. The van der Waals surface area contributed by atoms with Crippen LogP contribution in [0.25, 0.3) is 0 Å². The van der Waals surface area contributed by atoms with Crippen LogP contribution in [-0.4, -0.2) is 30.2 Å². The van der Waals surface area contributed by atoms with Crippen molar-refractivity contribution >= 4 is 68.2 Å². The van der Waals surface area contributed by atoms with Crippen LogP contribution < -0.4 is 29.4 Å². The van der Waals surface area contributed by atoms with Gasteiger partial charge in [0.1, 0.15) is 34.5 Å². The van der Waals surface area contributed by atoms with Crippen molar-refractivity contribution < 1.29 is 19.0 Å². The Morgan fingerprint density at radius 2 is 0.721 bits per heavy atom. The monoisotopic (exact) mass is 806 g/mol. The molecule has 300 valence electrons. The van der Waals surface area contributed by atoms with Crippen LogP contribution >= 0.6 is 0 Å². The van der Waals surface area contributed by atoms with Gasteiger partial charge in [0.2, 0.25) is 0 Å². The van der Waals surface area contributed by atoms with Gasteiger partial charge in [0, 0.05) is 46.3 Å². The summed E-state index contributed by atoms with van der Waals surface area (Å²) in [6.45, 7) is 0.670. The van der Waals surface area contributed by atoms with Crippen LogP contribution in [0.2, 0.25) is 0 Å². The van der Waals surface area contributed by atoms with Gasteiger partial charge in [0.15, 0.2) is 0 Å². The minimum absolute atomic E-state index is 0.0119. The number of hydrogen-bond acceptors (Lipinski definition) is 8. The SMILES string of the molecule is Oc1cc(N(c2ccccc2)c2ccccc2)ccc1N1CN(CN2CN(c3ccc(N(c4ccccc4)c4ccccc4)cc3O)c3c(F)cccc32)c2cccc(F)c21. The molecule has 0 radical (unpaired) electrons. The van der Waals surface area contributed by atoms with Gasteiger partial charge in [0.05, 0.1) is 42.8 Å². The third-order valence-electron chi connectivity index (χ3n) is 11.2. The van der Waals surface area contributed by atoms with Gasteiger partial charge in [0.25, 0.3) is 0 Å². The van der Waals surface area contributed by atoms with E-state index < -0.39 is 11.6 Å². The smallest absolute Gasteiger partial charge is 0.149 e. The average Bonchev–Trinajstić information content (AvgIpc) is 3.85. The highest BCUT2D eigenvalue weighted by atomic mass is 19.1. The zero-order valence-corrected chi connectivity index (χ0v) is 32.9. The Hall–Kier alpha value is -7.98. The van der Waals surface area contributed by atoms with Crippen LogP contribution in [0.5, 0.6) is 11.5 Å². The quantitative estimate of drug-likeness (QED) is 0.142. The number of halogens is 2. The van der Waals surface area contributed by atoms with Crippen LogP contribution in [0.4, 0.5) is 77.0 Å². The molecular formula is C51H40F2N6O2. The molecule has 2 N–H and O–H groups in total. The topological polar surface area (TPSA) is 59.9 Å². The van der Waals surface area contributed by atoms with Gasteiger partial charge in [-0.2, -0.15) is 0 Å². The highest BCUT2D eigenvalue weighted by Crippen LogP contribution is 2.50. The summed E-state index contributed by atoms with van der Waals surface area (Å²) >= 11 is 0. The Morgan fingerprint density at radius 1 is 0.377 bits per heavy atom. The molecule has 0 saturated heterocycles. The number of hydrogen-bond donors (Lipinski definition) is 2. The minimum atomic E-state index is -0.432. The lowest BCUT2D eigenvalue weighted by Gasteiger charge is -2.30. The van der Waals surface area contributed by atoms with Crippen molar-refractivity contribution in [3.63, 3.8) is 0 Å². The standard InChI is InChI=1S/C51H40F2N6O2/c52-42-23-13-25-46-50(42)56(44-29-27-40(31-48(44)60)58(36-15-5-1-6-16-36)37-17-7-2-8-18-37)34-54(46)33-55-35-57(51-43(53)24-14-26-47(51)55)45-30-28-41(32-49(45)61)59(38-19-9-3-10-20-38)39-21-11-4-12-22-39/h1-32,60-61H,33-35H2. The summed E-state index contributed by atoms with van der Waals surface area (Å²) in [5.74, 6) is -0.888. The molecule has 2 aliphatic rings. The number of phenolic OH excluding ortho intramolecular Hbond substituents is 2. The normalized spacial score (nSPS) is 13.0. The molecule has 10 heteroatoms. The maximum Gasteiger partial charge on any atom is 0.149 e. The van der Waals surface area contributed by atoms with Crippen molar-refractivity contribution in [2.24, 2.45) is 0 Å². The zero-order valence-electron chi connectivity index (χ0n) is 32.9. The lowest BCUT2D eigenvalue weighted by molar-refractivity contribution is 0.475. The summed E-state index contributed by atoms with van der Waals surface area (Å²) in [6, 6.07) is 60.4. The molecule has 0 spiro atoms. The highest BCUT2D eigenvalue weighted by Gasteiger charge is 2.37. The fourth-order valence-corrected chi connectivity index (χ4v) is 8.49. The lowest BCUT2D eigenvalue weighted by atomic mass is 10.1. The first-order valence-electron chi connectivity index (χ1n) is 20.0. The summed E-state index contributed by atoms with van der Waals surface area (Å²) in [5, 5.41) is 23.4. The van der Waals surface area contributed by atoms with Crippen molar-refractivity contribution in [2.75, 3.05) is 49.4 Å². The third kappa shape index (κ3) is 6.83. The molecule has 0 bridgehead atoms. The molecule has 10 rings (SSSR count). The van der Waals surface area contributed by atoms with E-state index in [-0.39, 0.29) is 31.5 Å². The van der Waals surface area contributed by atoms with Crippen LogP contribution in [0.1, 0.15) is 0 Å². The van der Waals surface area contributed by atoms with E-state index in [1.54, 1.807) is 34.1 Å². The van der Waals surface area contributed by atoms with E-state index in [0.29, 0.717) is 34.1 Å². The third-order valence-corrected chi connectivity index (χ3v) is 11.2. The molecule has 0 atom stereocenters. The molecule has 8 aromatic rings. The minimum Gasteiger partial charge on any atom is -0.506 e. The maximum atomic E-state index is 16.0. The number of anilines is 12. The Kier molecular flexibility index (Phi) is 9.57. The van der Waals surface area contributed by atoms with E-state index in [2.05, 4.69) is 9.80 Å². The van der Waals surface area contributed by atoms with Gasteiger partial charge < -0.3 is 39.6 Å². The van der Waals surface area contributed by atoms with Gasteiger partial charge in [-0.25, -0.2) is 8.78 Å². The molecule has 8 nitrogen and oxygen atoms in total. The molecule has 0 saturated carbocycles. The van der Waals surface area contributed by atoms with E-state index in [1.165, 1.54) is 12.1 Å². The molecule has 0 aromatic heterocycles. The van der Waals surface area contributed by atoms with Crippen LogP contribution in [-0.2, 0) is 0 Å². The van der Waals surface area contributed by atoms with Gasteiger partial charge in [-0.15, -0.1) is 0 Å². The largest absolute Gasteiger partial charge is 0.506 e. The fourth-order valence-electron chi connectivity index (χ4n) is 8.49. The van der Waals surface area contributed by atoms with Gasteiger partial charge >= 0.3 is 0 Å². The number of nitrogens with zero attached hydrogens (tertiary/aromatic N) is 6. The number of aromatic hydroxyl groups is 2. The first-order valence-corrected chi connectivity index (χ1v) is 20.0.